The number of hydrogen-bond acceptors (Lipinski definition) is 8. The number of nitrogens with one attached hydrogen (secondary N) is 1. The molecule has 2 heterocycles. The van der Waals surface area contributed by atoms with E-state index in [1.54, 1.807) is 13.8 Å². The fraction of sp³-hybridized carbons (Fsp3) is 0.312. The van der Waals surface area contributed by atoms with Crippen LogP contribution >= 0.6 is 0 Å². The Morgan fingerprint density at radius 3 is 2.12 bits per heavy atom. The first kappa shape index (κ1) is 18.1. The normalized spacial score (nSPS) is 14.9. The molecule has 2 rings (SSSR count). The van der Waals surface area contributed by atoms with Crippen molar-refractivity contribution in [2.75, 3.05) is 14.2 Å². The van der Waals surface area contributed by atoms with E-state index in [1.165, 1.54) is 32.5 Å². The predicted octanol–water partition coefficient (Wildman–Crippen LogP) is 1.57. The number of allylic oxidation sites excluding steroid dienone is 2. The van der Waals surface area contributed by atoms with E-state index in [0.29, 0.717) is 11.4 Å². The molecule has 0 unspecified atom stereocenters. The Morgan fingerprint density at radius 1 is 1.16 bits per heavy atom. The molecule has 9 heteroatoms. The highest BCUT2D eigenvalue weighted by molar-refractivity contribution is 6.00. The Labute approximate surface area is 143 Å². The zero-order chi connectivity index (χ0) is 18.7. The number of carbonyl (C=O) groups excluding carboxylic acids is 2. The van der Waals surface area contributed by atoms with Crippen molar-refractivity contribution in [3.8, 4) is 0 Å². The summed E-state index contributed by atoms with van der Waals surface area (Å²) in [6.07, 6.45) is 1.27. The van der Waals surface area contributed by atoms with Crippen molar-refractivity contribution in [3.05, 3.63) is 56.5 Å². The molecular formula is C16H17N3O6. The molecule has 25 heavy (non-hydrogen) atoms. The standard InChI is InChI=1S/C16H17N3O6/c1-8-11(15(20)24-3)13(12(9(2)18-8)16(21)25-4)10-6-5-7-17-14(10)19(22)23/h5-7,13,18H,1-4H3. The third-order valence-electron chi connectivity index (χ3n) is 3.87. The second-order valence-electron chi connectivity index (χ2n) is 5.29. The van der Waals surface area contributed by atoms with Gasteiger partial charge in [-0.25, -0.2) is 9.59 Å². The van der Waals surface area contributed by atoms with Crippen molar-refractivity contribution in [1.82, 2.24) is 10.3 Å². The summed E-state index contributed by atoms with van der Waals surface area (Å²) in [7, 11) is 2.39. The lowest BCUT2D eigenvalue weighted by atomic mass is 9.80. The summed E-state index contributed by atoms with van der Waals surface area (Å²) in [6.45, 7) is 3.25. The molecule has 0 saturated heterocycles. The molecule has 0 bridgehead atoms. The van der Waals surface area contributed by atoms with Crippen molar-refractivity contribution >= 4 is 17.8 Å². The summed E-state index contributed by atoms with van der Waals surface area (Å²) in [5.74, 6) is -2.89. The van der Waals surface area contributed by atoms with Gasteiger partial charge in [-0.05, 0) is 35.9 Å². The number of hydrogen-bond donors (Lipinski definition) is 1. The van der Waals surface area contributed by atoms with Crippen molar-refractivity contribution in [2.24, 2.45) is 0 Å². The average molecular weight is 347 g/mol. The minimum atomic E-state index is -1.03. The molecule has 1 aromatic rings. The number of aromatic nitrogens is 1. The predicted molar refractivity (Wildman–Crippen MR) is 86.2 cm³/mol. The van der Waals surface area contributed by atoms with Crippen LogP contribution in [0, 0.1) is 10.1 Å². The van der Waals surface area contributed by atoms with Crippen LogP contribution in [0.25, 0.3) is 0 Å². The molecule has 0 atom stereocenters. The van der Waals surface area contributed by atoms with Gasteiger partial charge in [0.25, 0.3) is 0 Å². The van der Waals surface area contributed by atoms with Gasteiger partial charge in [0.2, 0.25) is 0 Å². The Balaban J connectivity index is 2.80. The van der Waals surface area contributed by atoms with Crippen LogP contribution in [0.5, 0.6) is 0 Å². The smallest absolute Gasteiger partial charge is 0.367 e. The maximum absolute atomic E-state index is 12.3. The van der Waals surface area contributed by atoms with Crippen molar-refractivity contribution in [1.29, 1.82) is 0 Å². The molecular weight excluding hydrogens is 330 g/mol. The number of nitro groups is 1. The summed E-state index contributed by atoms with van der Waals surface area (Å²) in [5.41, 5.74) is 1.14. The van der Waals surface area contributed by atoms with Gasteiger partial charge in [-0.15, -0.1) is 0 Å². The number of carbonyl (C=O) groups is 2. The Morgan fingerprint density at radius 2 is 1.68 bits per heavy atom. The van der Waals surface area contributed by atoms with Crippen molar-refractivity contribution in [3.63, 3.8) is 0 Å². The van der Waals surface area contributed by atoms with E-state index in [-0.39, 0.29) is 16.7 Å². The van der Waals surface area contributed by atoms with Crippen LogP contribution in [0.3, 0.4) is 0 Å². The lowest BCUT2D eigenvalue weighted by Crippen LogP contribution is -2.32. The first-order chi connectivity index (χ1) is 11.8. The highest BCUT2D eigenvalue weighted by Crippen LogP contribution is 2.41. The molecule has 1 aromatic heterocycles. The van der Waals surface area contributed by atoms with E-state index < -0.39 is 28.6 Å². The number of esters is 2. The van der Waals surface area contributed by atoms with Gasteiger partial charge in [-0.2, -0.15) is 0 Å². The van der Waals surface area contributed by atoms with Gasteiger partial charge in [0.05, 0.1) is 36.8 Å². The molecule has 1 aliphatic heterocycles. The summed E-state index contributed by atoms with van der Waals surface area (Å²) in [4.78, 5) is 39.1. The largest absolute Gasteiger partial charge is 0.466 e. The van der Waals surface area contributed by atoms with E-state index in [4.69, 9.17) is 9.47 Å². The van der Waals surface area contributed by atoms with Crippen molar-refractivity contribution < 1.29 is 24.0 Å². The van der Waals surface area contributed by atoms with Crippen LogP contribution in [-0.2, 0) is 19.1 Å². The maximum Gasteiger partial charge on any atom is 0.367 e. The monoisotopic (exact) mass is 347 g/mol. The average Bonchev–Trinajstić information content (AvgIpc) is 2.59. The van der Waals surface area contributed by atoms with Crippen LogP contribution in [0.1, 0.15) is 25.3 Å². The zero-order valence-electron chi connectivity index (χ0n) is 14.2. The van der Waals surface area contributed by atoms with Gasteiger partial charge >= 0.3 is 17.8 Å². The molecule has 132 valence electrons. The summed E-state index contributed by atoms with van der Waals surface area (Å²) in [6, 6.07) is 2.95. The topological polar surface area (TPSA) is 121 Å². The third kappa shape index (κ3) is 3.21. The maximum atomic E-state index is 12.3. The number of methoxy groups -OCH3 is 2. The summed E-state index contributed by atoms with van der Waals surface area (Å²) >= 11 is 0. The SMILES string of the molecule is COC(=O)C1=C(C)NC(C)=C(C(=O)OC)C1c1cccnc1[N+](=O)[O-]. The molecule has 0 saturated carbocycles. The van der Waals surface area contributed by atoms with Gasteiger partial charge in [0, 0.05) is 11.4 Å². The van der Waals surface area contributed by atoms with Crippen LogP contribution < -0.4 is 5.32 Å². The minimum absolute atomic E-state index is 0.0876. The Hall–Kier alpha value is -3.23. The number of ether oxygens (including phenoxy) is 2. The number of dihydropyridines is 1. The van der Waals surface area contributed by atoms with Gasteiger partial charge < -0.3 is 24.9 Å². The van der Waals surface area contributed by atoms with Crippen LogP contribution in [0.4, 0.5) is 5.82 Å². The molecule has 1 N–H and O–H groups in total. The van der Waals surface area contributed by atoms with E-state index >= 15 is 0 Å². The van der Waals surface area contributed by atoms with Gasteiger partial charge in [0.1, 0.15) is 6.20 Å². The molecule has 0 aliphatic carbocycles. The lowest BCUT2D eigenvalue weighted by Gasteiger charge is -2.29. The second kappa shape index (κ2) is 7.12. The molecule has 0 aromatic carbocycles. The van der Waals surface area contributed by atoms with E-state index in [9.17, 15) is 19.7 Å². The number of nitrogens with zero attached hydrogens (tertiary/aromatic N) is 2. The molecule has 0 spiro atoms. The van der Waals surface area contributed by atoms with Gasteiger partial charge in [-0.1, -0.05) is 0 Å². The molecule has 9 nitrogen and oxygen atoms in total. The van der Waals surface area contributed by atoms with E-state index in [2.05, 4.69) is 10.3 Å². The zero-order valence-corrected chi connectivity index (χ0v) is 14.2. The van der Waals surface area contributed by atoms with E-state index in [0.717, 1.165) is 0 Å². The highest BCUT2D eigenvalue weighted by Gasteiger charge is 2.40. The number of rotatable bonds is 4. The lowest BCUT2D eigenvalue weighted by molar-refractivity contribution is -0.390. The van der Waals surface area contributed by atoms with Crippen LogP contribution in [0.2, 0.25) is 0 Å². The molecule has 0 amide bonds. The fourth-order valence-electron chi connectivity index (χ4n) is 2.85. The minimum Gasteiger partial charge on any atom is -0.466 e. The van der Waals surface area contributed by atoms with Gasteiger partial charge in [-0.3, -0.25) is 0 Å². The van der Waals surface area contributed by atoms with Gasteiger partial charge in [0.15, 0.2) is 0 Å². The van der Waals surface area contributed by atoms with E-state index in [1.807, 2.05) is 0 Å². The first-order valence-corrected chi connectivity index (χ1v) is 7.27. The van der Waals surface area contributed by atoms with Crippen LogP contribution in [-0.4, -0.2) is 36.1 Å². The molecule has 0 fully saturated rings. The first-order valence-electron chi connectivity index (χ1n) is 7.27. The second-order valence-corrected chi connectivity index (χ2v) is 5.29. The number of pyridine rings is 1. The summed E-state index contributed by atoms with van der Waals surface area (Å²) < 4.78 is 9.61. The Bertz CT molecular complexity index is 774. The summed E-state index contributed by atoms with van der Waals surface area (Å²) in [5, 5.41) is 14.3. The third-order valence-corrected chi connectivity index (χ3v) is 3.87. The molecule has 0 radical (unpaired) electrons. The fourth-order valence-corrected chi connectivity index (χ4v) is 2.85. The molecule has 1 aliphatic rings. The van der Waals surface area contributed by atoms with Crippen molar-refractivity contribution in [2.45, 2.75) is 19.8 Å². The highest BCUT2D eigenvalue weighted by atomic mass is 16.6. The Kier molecular flexibility index (Phi) is 5.16. The quantitative estimate of drug-likeness (QED) is 0.495. The van der Waals surface area contributed by atoms with Crippen LogP contribution in [0.15, 0.2) is 40.9 Å².